The molecule has 1 heterocycles. The molecule has 1 aromatic carbocycles. The Labute approximate surface area is 176 Å². The number of pyridine rings is 1. The number of benzene rings is 1. The average molecular weight is 484 g/mol. The fourth-order valence-corrected chi connectivity index (χ4v) is 2.98. The first-order valence-corrected chi connectivity index (χ1v) is 8.93. The molecule has 0 atom stereocenters. The van der Waals surface area contributed by atoms with Crippen molar-refractivity contribution in [3.63, 3.8) is 0 Å². The lowest BCUT2D eigenvalue weighted by Gasteiger charge is -2.19. The van der Waals surface area contributed by atoms with Crippen molar-refractivity contribution < 1.29 is 9.13 Å². The lowest BCUT2D eigenvalue weighted by atomic mass is 9.96. The van der Waals surface area contributed by atoms with Crippen molar-refractivity contribution in [2.45, 2.75) is 31.7 Å². The fraction of sp³-hybridized carbons (Fsp3) is 0.400. The van der Waals surface area contributed by atoms with Gasteiger partial charge in [-0.05, 0) is 49.1 Å². The lowest BCUT2D eigenvalue weighted by molar-refractivity contribution is 0.326. The number of aromatic nitrogens is 1. The summed E-state index contributed by atoms with van der Waals surface area (Å²) in [5.74, 6) is 1.17. The summed E-state index contributed by atoms with van der Waals surface area (Å²) in [5.41, 5.74) is 2.13. The van der Waals surface area contributed by atoms with Crippen molar-refractivity contribution in [3.05, 3.63) is 59.5 Å². The topological polar surface area (TPSA) is 58.5 Å². The molecule has 0 amide bonds. The van der Waals surface area contributed by atoms with E-state index in [2.05, 4.69) is 20.6 Å². The van der Waals surface area contributed by atoms with E-state index < -0.39 is 0 Å². The number of nitrogens with zero attached hydrogens (tertiary/aromatic N) is 2. The zero-order valence-electron chi connectivity index (χ0n) is 15.7. The highest BCUT2D eigenvalue weighted by Crippen LogP contribution is 2.47. The summed E-state index contributed by atoms with van der Waals surface area (Å²) in [4.78, 5) is 8.44. The van der Waals surface area contributed by atoms with Crippen LogP contribution in [-0.2, 0) is 12.0 Å². The van der Waals surface area contributed by atoms with Gasteiger partial charge in [-0.1, -0.05) is 12.1 Å². The molecule has 2 aromatic rings. The van der Waals surface area contributed by atoms with Gasteiger partial charge >= 0.3 is 0 Å². The van der Waals surface area contributed by atoms with Gasteiger partial charge < -0.3 is 15.4 Å². The summed E-state index contributed by atoms with van der Waals surface area (Å²) < 4.78 is 18.9. The third kappa shape index (κ3) is 5.79. The summed E-state index contributed by atoms with van der Waals surface area (Å²) >= 11 is 0. The van der Waals surface area contributed by atoms with Gasteiger partial charge in [0.05, 0.1) is 6.61 Å². The molecule has 0 saturated heterocycles. The molecule has 1 aliphatic rings. The Morgan fingerprint density at radius 1 is 1.26 bits per heavy atom. The predicted octanol–water partition coefficient (Wildman–Crippen LogP) is 3.63. The monoisotopic (exact) mass is 484 g/mol. The van der Waals surface area contributed by atoms with Gasteiger partial charge in [-0.15, -0.1) is 24.0 Å². The third-order valence-corrected chi connectivity index (χ3v) is 4.66. The maximum atomic E-state index is 13.5. The van der Waals surface area contributed by atoms with Crippen LogP contribution in [0, 0.1) is 5.82 Å². The van der Waals surface area contributed by atoms with Crippen molar-refractivity contribution in [2.75, 3.05) is 20.2 Å². The van der Waals surface area contributed by atoms with Gasteiger partial charge in [0.15, 0.2) is 5.96 Å². The second-order valence-corrected chi connectivity index (χ2v) is 6.51. The zero-order valence-corrected chi connectivity index (χ0v) is 18.0. The minimum atomic E-state index is -0.181. The molecule has 27 heavy (non-hydrogen) atoms. The molecule has 1 fully saturated rings. The number of halogens is 2. The minimum Gasteiger partial charge on any atom is -0.478 e. The minimum absolute atomic E-state index is 0. The highest BCUT2D eigenvalue weighted by molar-refractivity contribution is 14.0. The zero-order chi connectivity index (χ0) is 18.4. The van der Waals surface area contributed by atoms with Gasteiger partial charge in [-0.3, -0.25) is 4.99 Å². The molecule has 0 bridgehead atoms. The predicted molar refractivity (Wildman–Crippen MR) is 116 cm³/mol. The molecule has 5 nitrogen and oxygen atoms in total. The van der Waals surface area contributed by atoms with Crippen LogP contribution in [0.5, 0.6) is 5.88 Å². The number of hydrogen-bond donors (Lipinski definition) is 2. The Hall–Kier alpha value is -1.90. The first-order chi connectivity index (χ1) is 12.6. The molecule has 2 N–H and O–H groups in total. The molecule has 0 radical (unpaired) electrons. The van der Waals surface area contributed by atoms with E-state index in [1.165, 1.54) is 6.07 Å². The number of rotatable bonds is 7. The number of guanidine groups is 1. The first kappa shape index (κ1) is 21.4. The maximum absolute atomic E-state index is 13.5. The average Bonchev–Trinajstić information content (AvgIpc) is 3.44. The largest absolute Gasteiger partial charge is 0.478 e. The summed E-state index contributed by atoms with van der Waals surface area (Å²) in [6.45, 7) is 3.88. The van der Waals surface area contributed by atoms with Crippen LogP contribution in [0.25, 0.3) is 0 Å². The van der Waals surface area contributed by atoms with Crippen LogP contribution < -0.4 is 15.4 Å². The molecule has 0 unspecified atom stereocenters. The van der Waals surface area contributed by atoms with E-state index in [9.17, 15) is 4.39 Å². The molecule has 1 aliphatic carbocycles. The van der Waals surface area contributed by atoms with Crippen LogP contribution in [0.15, 0.2) is 47.6 Å². The second-order valence-electron chi connectivity index (χ2n) is 6.51. The summed E-state index contributed by atoms with van der Waals surface area (Å²) in [7, 11) is 1.75. The van der Waals surface area contributed by atoms with Gasteiger partial charge in [0.2, 0.25) is 5.88 Å². The van der Waals surface area contributed by atoms with Crippen molar-refractivity contribution in [2.24, 2.45) is 4.99 Å². The Morgan fingerprint density at radius 3 is 2.74 bits per heavy atom. The first-order valence-electron chi connectivity index (χ1n) is 8.93. The summed E-state index contributed by atoms with van der Waals surface area (Å²) in [6.07, 6.45) is 3.85. The van der Waals surface area contributed by atoms with Crippen LogP contribution >= 0.6 is 24.0 Å². The number of nitrogens with one attached hydrogen (secondary N) is 2. The second kappa shape index (κ2) is 9.87. The summed E-state index contributed by atoms with van der Waals surface area (Å²) in [5, 5.41) is 6.67. The van der Waals surface area contributed by atoms with E-state index in [4.69, 9.17) is 4.74 Å². The molecular weight excluding hydrogens is 458 g/mol. The molecule has 146 valence electrons. The Kier molecular flexibility index (Phi) is 7.82. The van der Waals surface area contributed by atoms with E-state index in [0.29, 0.717) is 19.0 Å². The highest BCUT2D eigenvalue weighted by Gasteiger charge is 2.44. The Bertz CT molecular complexity index is 780. The van der Waals surface area contributed by atoms with E-state index in [0.717, 1.165) is 36.5 Å². The van der Waals surface area contributed by atoms with Crippen LogP contribution in [0.2, 0.25) is 0 Å². The molecule has 1 aromatic heterocycles. The molecule has 7 heteroatoms. The van der Waals surface area contributed by atoms with Gasteiger partial charge in [0.1, 0.15) is 5.82 Å². The Morgan fingerprint density at radius 2 is 2.07 bits per heavy atom. The van der Waals surface area contributed by atoms with Crippen LogP contribution in [-0.4, -0.2) is 31.1 Å². The van der Waals surface area contributed by atoms with Crippen LogP contribution in [0.1, 0.15) is 30.9 Å². The SMILES string of the molecule is CCOc1cc(CNC(=NC)NCC2(c3cccc(F)c3)CC2)ccn1.I. The van der Waals surface area contributed by atoms with Gasteiger partial charge in [-0.25, -0.2) is 9.37 Å². The Balaban J connectivity index is 0.00000261. The van der Waals surface area contributed by atoms with Crippen molar-refractivity contribution in [1.29, 1.82) is 0 Å². The quantitative estimate of drug-likeness (QED) is 0.358. The maximum Gasteiger partial charge on any atom is 0.213 e. The van der Waals surface area contributed by atoms with Crippen molar-refractivity contribution in [1.82, 2.24) is 15.6 Å². The van der Waals surface area contributed by atoms with Gasteiger partial charge in [-0.2, -0.15) is 0 Å². The van der Waals surface area contributed by atoms with Crippen LogP contribution in [0.4, 0.5) is 4.39 Å². The number of aliphatic imine (C=N–C) groups is 1. The lowest BCUT2D eigenvalue weighted by Crippen LogP contribution is -2.40. The standard InChI is InChI=1S/C20H25FN4O.HI/c1-3-26-18-11-15(7-10-23-18)13-24-19(22-2)25-14-20(8-9-20)16-5-4-6-17(21)12-16;/h4-7,10-12H,3,8-9,13-14H2,1-2H3,(H2,22,24,25);1H. The molecule has 0 spiro atoms. The highest BCUT2D eigenvalue weighted by atomic mass is 127. The third-order valence-electron chi connectivity index (χ3n) is 4.66. The van der Waals surface area contributed by atoms with E-state index in [1.54, 1.807) is 25.4 Å². The number of hydrogen-bond acceptors (Lipinski definition) is 3. The van der Waals surface area contributed by atoms with E-state index >= 15 is 0 Å². The van der Waals surface area contributed by atoms with E-state index in [-0.39, 0.29) is 35.2 Å². The molecule has 3 rings (SSSR count). The van der Waals surface area contributed by atoms with E-state index in [1.807, 2.05) is 25.1 Å². The molecule has 0 aliphatic heterocycles. The summed E-state index contributed by atoms with van der Waals surface area (Å²) in [6, 6.07) is 10.8. The van der Waals surface area contributed by atoms with Crippen molar-refractivity contribution >= 4 is 29.9 Å². The van der Waals surface area contributed by atoms with Gasteiger partial charge in [0, 0.05) is 37.8 Å². The smallest absolute Gasteiger partial charge is 0.213 e. The molecule has 1 saturated carbocycles. The van der Waals surface area contributed by atoms with Crippen molar-refractivity contribution in [3.8, 4) is 5.88 Å². The normalized spacial score (nSPS) is 14.9. The van der Waals surface area contributed by atoms with Crippen LogP contribution in [0.3, 0.4) is 0 Å². The van der Waals surface area contributed by atoms with Gasteiger partial charge in [0.25, 0.3) is 0 Å². The number of ether oxygens (including phenoxy) is 1. The fourth-order valence-electron chi connectivity index (χ4n) is 2.98. The molecular formula is C20H26FIN4O.